The fourth-order valence-corrected chi connectivity index (χ4v) is 4.47. The lowest BCUT2D eigenvalue weighted by atomic mass is 9.92. The monoisotopic (exact) mass is 499 g/mol. The summed E-state index contributed by atoms with van der Waals surface area (Å²) >= 11 is 6.02. The second-order valence-electron chi connectivity index (χ2n) is 9.10. The van der Waals surface area contributed by atoms with Gasteiger partial charge in [0.25, 0.3) is 0 Å². The average molecular weight is 500 g/mol. The van der Waals surface area contributed by atoms with Gasteiger partial charge >= 0.3 is 0 Å². The lowest BCUT2D eigenvalue weighted by Crippen LogP contribution is -2.47. The molecule has 0 unspecified atom stereocenters. The number of hydrogen-bond donors (Lipinski definition) is 1. The second-order valence-corrected chi connectivity index (χ2v) is 9.54. The zero-order chi connectivity index (χ0) is 24.7. The Morgan fingerprint density at radius 1 is 1.09 bits per heavy atom. The molecule has 0 bridgehead atoms. The summed E-state index contributed by atoms with van der Waals surface area (Å²) in [6.45, 7) is 6.11. The van der Waals surface area contributed by atoms with Crippen LogP contribution in [-0.2, 0) is 13.1 Å². The molecular weight excluding hydrogens is 466 g/mol. The van der Waals surface area contributed by atoms with Crippen molar-refractivity contribution < 1.29 is 19.3 Å². The molecule has 0 saturated carbocycles. The quantitative estimate of drug-likeness (QED) is 0.385. The van der Waals surface area contributed by atoms with Crippen LogP contribution in [0.25, 0.3) is 0 Å². The van der Waals surface area contributed by atoms with Crippen LogP contribution in [0.5, 0.6) is 17.2 Å². The van der Waals surface area contributed by atoms with Crippen molar-refractivity contribution in [3.05, 3.63) is 71.3 Å². The highest BCUT2D eigenvalue weighted by Crippen LogP contribution is 2.30. The molecule has 1 aliphatic rings. The minimum atomic E-state index is -0.833. The number of aliphatic hydroxyl groups is 1. The zero-order valence-corrected chi connectivity index (χ0v) is 21.2. The van der Waals surface area contributed by atoms with E-state index in [1.165, 1.54) is 0 Å². The molecule has 0 aliphatic carbocycles. The Morgan fingerprint density at radius 3 is 2.63 bits per heavy atom. The summed E-state index contributed by atoms with van der Waals surface area (Å²) in [7, 11) is 1.66. The zero-order valence-electron chi connectivity index (χ0n) is 20.5. The molecule has 0 amide bonds. The highest BCUT2D eigenvalue weighted by molar-refractivity contribution is 6.30. The Labute approximate surface area is 212 Å². The van der Waals surface area contributed by atoms with Crippen LogP contribution in [0.4, 0.5) is 0 Å². The van der Waals surface area contributed by atoms with Crippen LogP contribution in [0.2, 0.25) is 5.02 Å². The van der Waals surface area contributed by atoms with Crippen molar-refractivity contribution in [2.75, 3.05) is 33.4 Å². The van der Waals surface area contributed by atoms with E-state index in [2.05, 4.69) is 26.6 Å². The van der Waals surface area contributed by atoms with Gasteiger partial charge < -0.3 is 23.9 Å². The summed E-state index contributed by atoms with van der Waals surface area (Å²) < 4.78 is 19.5. The van der Waals surface area contributed by atoms with Gasteiger partial charge in [-0.2, -0.15) is 0 Å². The van der Waals surface area contributed by atoms with Gasteiger partial charge in [0.05, 0.1) is 13.7 Å². The van der Waals surface area contributed by atoms with Crippen molar-refractivity contribution in [3.63, 3.8) is 0 Å². The van der Waals surface area contributed by atoms with Crippen molar-refractivity contribution in [3.8, 4) is 17.2 Å². The smallest absolute Gasteiger partial charge is 0.161 e. The van der Waals surface area contributed by atoms with Crippen molar-refractivity contribution in [2.24, 2.45) is 0 Å². The number of hydrogen-bond acceptors (Lipinski definition) is 6. The number of methoxy groups -OCH3 is 1. The maximum Gasteiger partial charge on any atom is 0.161 e. The topological polar surface area (TPSA) is 69.0 Å². The van der Waals surface area contributed by atoms with Gasteiger partial charge in [0.1, 0.15) is 23.8 Å². The first-order valence-corrected chi connectivity index (χ1v) is 12.4. The summed E-state index contributed by atoms with van der Waals surface area (Å²) in [5.74, 6) is 3.18. The molecule has 1 saturated heterocycles. The van der Waals surface area contributed by atoms with Gasteiger partial charge in [-0.15, -0.1) is 0 Å². The Balaban J connectivity index is 1.26. The molecule has 1 fully saturated rings. The molecular formula is C27H34ClN3O4. The Morgan fingerprint density at radius 2 is 1.91 bits per heavy atom. The third-order valence-corrected chi connectivity index (χ3v) is 6.68. The molecule has 8 heteroatoms. The van der Waals surface area contributed by atoms with E-state index in [-0.39, 0.29) is 6.61 Å². The molecule has 0 radical (unpaired) electrons. The van der Waals surface area contributed by atoms with E-state index in [0.29, 0.717) is 30.2 Å². The summed E-state index contributed by atoms with van der Waals surface area (Å²) in [4.78, 5) is 6.60. The molecule has 2 heterocycles. The summed E-state index contributed by atoms with van der Waals surface area (Å²) in [6.07, 6.45) is 5.99. The third-order valence-electron chi connectivity index (χ3n) is 6.45. The van der Waals surface area contributed by atoms with Crippen LogP contribution >= 0.6 is 11.6 Å². The molecule has 188 valence electrons. The number of aromatic nitrogens is 2. The molecule has 2 aromatic carbocycles. The summed E-state index contributed by atoms with van der Waals surface area (Å²) in [5.41, 5.74) is 0.326. The molecule has 0 spiro atoms. The number of halogens is 1. The van der Waals surface area contributed by atoms with Crippen LogP contribution in [0.3, 0.4) is 0 Å². The number of aryl methyl sites for hydroxylation is 2. The summed E-state index contributed by atoms with van der Waals surface area (Å²) in [5, 5.41) is 11.6. The van der Waals surface area contributed by atoms with E-state index < -0.39 is 5.60 Å². The minimum absolute atomic E-state index is 0.264. The Hall–Kier alpha value is -2.74. The molecule has 4 rings (SSSR count). The molecule has 35 heavy (non-hydrogen) atoms. The lowest BCUT2D eigenvalue weighted by molar-refractivity contribution is -0.0537. The molecule has 1 N–H and O–H groups in total. The van der Waals surface area contributed by atoms with Gasteiger partial charge in [-0.25, -0.2) is 4.98 Å². The normalized spacial score (nSPS) is 15.7. The van der Waals surface area contributed by atoms with Crippen molar-refractivity contribution >= 4 is 11.6 Å². The van der Waals surface area contributed by atoms with Crippen LogP contribution in [0.15, 0.2) is 54.9 Å². The van der Waals surface area contributed by atoms with E-state index >= 15 is 0 Å². The highest BCUT2D eigenvalue weighted by atomic mass is 35.5. The van der Waals surface area contributed by atoms with Crippen LogP contribution in [-0.4, -0.2) is 58.6 Å². The van der Waals surface area contributed by atoms with Gasteiger partial charge in [0, 0.05) is 43.6 Å². The number of nitrogens with zero attached hydrogens (tertiary/aromatic N) is 3. The number of benzene rings is 2. The third kappa shape index (κ3) is 7.13. The van der Waals surface area contributed by atoms with Gasteiger partial charge in [-0.3, -0.25) is 4.90 Å². The van der Waals surface area contributed by atoms with E-state index in [0.717, 1.165) is 55.5 Å². The van der Waals surface area contributed by atoms with E-state index in [4.69, 9.17) is 25.8 Å². The molecule has 1 aliphatic heterocycles. The van der Waals surface area contributed by atoms with Gasteiger partial charge in [-0.05, 0) is 62.1 Å². The first-order valence-electron chi connectivity index (χ1n) is 12.0. The Bertz CT molecular complexity index is 1100. The Kier molecular flexibility index (Phi) is 8.55. The van der Waals surface area contributed by atoms with Gasteiger partial charge in [-0.1, -0.05) is 23.7 Å². The standard InChI is InChI=1S/C27H34ClN3O4/c1-21-29-11-15-31(21)12-4-16-34-26-17-22(7-8-25(26)33-2)19-30-13-9-27(32,10-14-30)20-35-24-6-3-5-23(28)18-24/h3,5-8,11,15,17-18,32H,4,9-10,12-14,16,19-20H2,1-2H3. The number of imidazole rings is 1. The van der Waals surface area contributed by atoms with Crippen LogP contribution in [0.1, 0.15) is 30.7 Å². The number of piperidine rings is 1. The van der Waals surface area contributed by atoms with Gasteiger partial charge in [0.15, 0.2) is 11.5 Å². The predicted molar refractivity (Wildman–Crippen MR) is 136 cm³/mol. The summed E-state index contributed by atoms with van der Waals surface area (Å²) in [6, 6.07) is 13.4. The SMILES string of the molecule is COc1ccc(CN2CCC(O)(COc3cccc(Cl)c3)CC2)cc1OCCCn1ccnc1C. The maximum absolute atomic E-state index is 11.0. The molecule has 1 aromatic heterocycles. The number of rotatable bonds is 11. The van der Waals surface area contributed by atoms with Crippen molar-refractivity contribution in [2.45, 2.75) is 44.9 Å². The predicted octanol–water partition coefficient (Wildman–Crippen LogP) is 4.73. The lowest BCUT2D eigenvalue weighted by Gasteiger charge is -2.38. The molecule has 0 atom stereocenters. The fraction of sp³-hybridized carbons (Fsp3) is 0.444. The molecule has 7 nitrogen and oxygen atoms in total. The van der Waals surface area contributed by atoms with E-state index in [9.17, 15) is 5.11 Å². The minimum Gasteiger partial charge on any atom is -0.493 e. The first kappa shape index (κ1) is 25.4. The average Bonchev–Trinajstić information content (AvgIpc) is 3.27. The van der Waals surface area contributed by atoms with Crippen molar-refractivity contribution in [1.82, 2.24) is 14.5 Å². The second kappa shape index (κ2) is 11.8. The number of ether oxygens (including phenoxy) is 3. The molecule has 3 aromatic rings. The van der Waals surface area contributed by atoms with Crippen LogP contribution in [0, 0.1) is 6.92 Å². The van der Waals surface area contributed by atoms with E-state index in [1.807, 2.05) is 37.5 Å². The van der Waals surface area contributed by atoms with E-state index in [1.54, 1.807) is 19.2 Å². The van der Waals surface area contributed by atoms with Crippen molar-refractivity contribution in [1.29, 1.82) is 0 Å². The maximum atomic E-state index is 11.0. The van der Waals surface area contributed by atoms with Gasteiger partial charge in [0.2, 0.25) is 0 Å². The fourth-order valence-electron chi connectivity index (χ4n) is 4.29. The first-order chi connectivity index (χ1) is 16.9. The van der Waals surface area contributed by atoms with Crippen LogP contribution < -0.4 is 14.2 Å². The number of likely N-dealkylation sites (tertiary alicyclic amines) is 1. The largest absolute Gasteiger partial charge is 0.493 e. The highest BCUT2D eigenvalue weighted by Gasteiger charge is 2.33.